The van der Waals surface area contributed by atoms with Gasteiger partial charge in [-0.05, 0) is 105 Å². The molecule has 0 radical (unpaired) electrons. The molecule has 0 heterocycles. The summed E-state index contributed by atoms with van der Waals surface area (Å²) in [5.74, 6) is 0.491. The number of carbonyl (C=O) groups is 2. The van der Waals surface area contributed by atoms with Crippen LogP contribution in [0.4, 0.5) is 0 Å². The van der Waals surface area contributed by atoms with Gasteiger partial charge in [-0.25, -0.2) is 4.79 Å². The molecule has 7 atom stereocenters. The van der Waals surface area contributed by atoms with Crippen molar-refractivity contribution in [3.8, 4) is 0 Å². The smallest absolute Gasteiger partial charge is 0.330 e. The van der Waals surface area contributed by atoms with Gasteiger partial charge < -0.3 is 10.2 Å². The van der Waals surface area contributed by atoms with Crippen molar-refractivity contribution >= 4 is 11.9 Å². The Labute approximate surface area is 206 Å². The Morgan fingerprint density at radius 1 is 1.15 bits per heavy atom. The van der Waals surface area contributed by atoms with E-state index in [0.29, 0.717) is 35.7 Å². The number of carboxylic acids is 2. The van der Waals surface area contributed by atoms with Gasteiger partial charge in [-0.2, -0.15) is 0 Å². The lowest BCUT2D eigenvalue weighted by molar-refractivity contribution is -0.138. The maximum atomic E-state index is 11.5. The molecule has 0 aromatic heterocycles. The van der Waals surface area contributed by atoms with Crippen LogP contribution in [0.5, 0.6) is 0 Å². The zero-order valence-electron chi connectivity index (χ0n) is 22.2. The number of hydrogen-bond donors (Lipinski definition) is 2. The monoisotopic (exact) mass is 470 g/mol. The third-order valence-corrected chi connectivity index (χ3v) is 10.7. The Hall–Kier alpha value is -1.84. The first-order chi connectivity index (χ1) is 15.8. The number of hydrogen-bond acceptors (Lipinski definition) is 2. The molecule has 2 N–H and O–H groups in total. The number of fused-ring (bicyclic) bond motifs is 3. The molecule has 3 rings (SSSR count). The van der Waals surface area contributed by atoms with Crippen LogP contribution in [0, 0.1) is 39.9 Å². The topological polar surface area (TPSA) is 74.6 Å². The van der Waals surface area contributed by atoms with Gasteiger partial charge in [0, 0.05) is 12.0 Å². The highest BCUT2D eigenvalue weighted by Gasteiger charge is 2.63. The molecule has 34 heavy (non-hydrogen) atoms. The van der Waals surface area contributed by atoms with Gasteiger partial charge in [-0.15, -0.1) is 0 Å². The number of allylic oxidation sites excluding steroid dienone is 4. The molecule has 0 spiro atoms. The van der Waals surface area contributed by atoms with Gasteiger partial charge in [0.25, 0.3) is 0 Å². The summed E-state index contributed by atoms with van der Waals surface area (Å²) >= 11 is 0. The molecule has 0 aromatic rings. The Morgan fingerprint density at radius 2 is 1.82 bits per heavy atom. The minimum Gasteiger partial charge on any atom is -0.481 e. The SMILES string of the molecule is C=C(C)[C@H]1CC[C@H]2C(=CC[C@]3(C)[C@H]([C@H](C)CC/C=C(\C)C(=O)O)CC[C@@]23C)[C@]1(C)CCC(=O)O. The molecule has 2 saturated carbocycles. The van der Waals surface area contributed by atoms with Crippen LogP contribution in [0.2, 0.25) is 0 Å². The van der Waals surface area contributed by atoms with Crippen LogP contribution in [0.25, 0.3) is 0 Å². The lowest BCUT2D eigenvalue weighted by Crippen LogP contribution is -2.52. The van der Waals surface area contributed by atoms with Crippen molar-refractivity contribution in [2.75, 3.05) is 0 Å². The average Bonchev–Trinajstić information content (AvgIpc) is 3.03. The van der Waals surface area contributed by atoms with Gasteiger partial charge in [0.2, 0.25) is 0 Å². The van der Waals surface area contributed by atoms with Crippen LogP contribution in [-0.4, -0.2) is 22.2 Å². The molecule has 3 aliphatic rings. The van der Waals surface area contributed by atoms with Crippen molar-refractivity contribution in [1.29, 1.82) is 0 Å². The first kappa shape index (κ1) is 26.8. The van der Waals surface area contributed by atoms with Crippen LogP contribution in [-0.2, 0) is 9.59 Å². The maximum absolute atomic E-state index is 11.5. The second-order valence-electron chi connectivity index (χ2n) is 12.4. The maximum Gasteiger partial charge on any atom is 0.330 e. The molecule has 4 heteroatoms. The van der Waals surface area contributed by atoms with Crippen LogP contribution >= 0.6 is 0 Å². The molecule has 190 valence electrons. The molecule has 2 fully saturated rings. The minimum absolute atomic E-state index is 0.125. The predicted molar refractivity (Wildman–Crippen MR) is 137 cm³/mol. The van der Waals surface area contributed by atoms with E-state index >= 15 is 0 Å². The molecule has 4 nitrogen and oxygen atoms in total. The summed E-state index contributed by atoms with van der Waals surface area (Å²) in [6, 6.07) is 0. The average molecular weight is 471 g/mol. The lowest BCUT2D eigenvalue weighted by atomic mass is 9.44. The van der Waals surface area contributed by atoms with Crippen LogP contribution in [0.1, 0.15) is 99.3 Å². The van der Waals surface area contributed by atoms with Crippen LogP contribution in [0.3, 0.4) is 0 Å². The quantitative estimate of drug-likeness (QED) is 0.268. The Kier molecular flexibility index (Phi) is 7.60. The zero-order chi connectivity index (χ0) is 25.5. The molecular formula is C30H46O4. The summed E-state index contributed by atoms with van der Waals surface area (Å²) in [4.78, 5) is 22.7. The molecule has 0 bridgehead atoms. The molecular weight excluding hydrogens is 424 g/mol. The highest BCUT2D eigenvalue weighted by atomic mass is 16.4. The van der Waals surface area contributed by atoms with E-state index in [4.69, 9.17) is 5.11 Å². The molecule has 0 saturated heterocycles. The summed E-state index contributed by atoms with van der Waals surface area (Å²) in [6.45, 7) is 17.8. The van der Waals surface area contributed by atoms with Crippen molar-refractivity contribution in [3.05, 3.63) is 35.5 Å². The van der Waals surface area contributed by atoms with E-state index in [0.717, 1.165) is 25.7 Å². The Morgan fingerprint density at radius 3 is 2.41 bits per heavy atom. The van der Waals surface area contributed by atoms with E-state index < -0.39 is 11.9 Å². The number of carboxylic acid groups (broad SMARTS) is 2. The Bertz CT molecular complexity index is 897. The van der Waals surface area contributed by atoms with E-state index in [1.165, 1.54) is 30.4 Å². The number of aliphatic carboxylic acids is 2. The summed E-state index contributed by atoms with van der Waals surface area (Å²) in [6.07, 6.45) is 12.9. The van der Waals surface area contributed by atoms with E-state index in [1.54, 1.807) is 6.92 Å². The van der Waals surface area contributed by atoms with Crippen molar-refractivity contribution in [2.24, 2.45) is 39.9 Å². The fourth-order valence-corrected chi connectivity index (χ4v) is 8.44. The largest absolute Gasteiger partial charge is 0.481 e. The van der Waals surface area contributed by atoms with Crippen molar-refractivity contribution in [3.63, 3.8) is 0 Å². The standard InChI is InChI=1S/C30H46O4/c1-19(2)22-11-12-25-24(28(22,5)16-15-26(31)32)14-18-29(6)23(13-17-30(25,29)7)20(3)9-8-10-21(4)27(33)34/h10,14,20,22-23,25H,1,8-9,11-13,15-18H2,2-7H3,(H,31,32)(H,33,34)/b21-10+/t20-,22-,23+,25+,28-,29-,30+/m1/s1. The highest BCUT2D eigenvalue weighted by Crippen LogP contribution is 2.71. The van der Waals surface area contributed by atoms with Gasteiger partial charge in [-0.3, -0.25) is 4.79 Å². The van der Waals surface area contributed by atoms with E-state index in [-0.39, 0.29) is 22.7 Å². The second-order valence-corrected chi connectivity index (χ2v) is 12.4. The van der Waals surface area contributed by atoms with Gasteiger partial charge in [0.05, 0.1) is 0 Å². The third-order valence-electron chi connectivity index (χ3n) is 10.7. The van der Waals surface area contributed by atoms with E-state index in [9.17, 15) is 14.7 Å². The molecule has 0 amide bonds. The minimum atomic E-state index is -0.825. The van der Waals surface area contributed by atoms with E-state index in [2.05, 4.69) is 47.3 Å². The predicted octanol–water partition coefficient (Wildman–Crippen LogP) is 7.66. The van der Waals surface area contributed by atoms with Crippen molar-refractivity contribution in [1.82, 2.24) is 0 Å². The van der Waals surface area contributed by atoms with Crippen molar-refractivity contribution in [2.45, 2.75) is 99.3 Å². The molecule has 0 aromatic carbocycles. The van der Waals surface area contributed by atoms with Crippen molar-refractivity contribution < 1.29 is 19.8 Å². The molecule has 0 aliphatic heterocycles. The first-order valence-corrected chi connectivity index (χ1v) is 13.3. The summed E-state index contributed by atoms with van der Waals surface area (Å²) < 4.78 is 0. The summed E-state index contributed by atoms with van der Waals surface area (Å²) in [5, 5.41) is 18.6. The fourth-order valence-electron chi connectivity index (χ4n) is 8.44. The van der Waals surface area contributed by atoms with Gasteiger partial charge in [-0.1, -0.05) is 57.6 Å². The molecule has 3 aliphatic carbocycles. The zero-order valence-corrected chi connectivity index (χ0v) is 22.2. The van der Waals surface area contributed by atoms with Crippen LogP contribution < -0.4 is 0 Å². The van der Waals surface area contributed by atoms with Gasteiger partial charge >= 0.3 is 11.9 Å². The number of rotatable bonds is 9. The highest BCUT2D eigenvalue weighted by molar-refractivity contribution is 5.85. The summed E-state index contributed by atoms with van der Waals surface area (Å²) in [7, 11) is 0. The third kappa shape index (κ3) is 4.42. The first-order valence-electron chi connectivity index (χ1n) is 13.3. The Balaban J connectivity index is 1.89. The second kappa shape index (κ2) is 9.66. The summed E-state index contributed by atoms with van der Waals surface area (Å²) in [5.41, 5.74) is 3.45. The normalized spacial score (nSPS) is 38.5. The van der Waals surface area contributed by atoms with Gasteiger partial charge in [0.1, 0.15) is 0 Å². The van der Waals surface area contributed by atoms with Crippen LogP contribution in [0.15, 0.2) is 35.5 Å². The van der Waals surface area contributed by atoms with Gasteiger partial charge in [0.15, 0.2) is 0 Å². The lowest BCUT2D eigenvalue weighted by Gasteiger charge is -2.60. The van der Waals surface area contributed by atoms with E-state index in [1.807, 2.05) is 6.08 Å². The fraction of sp³-hybridized carbons (Fsp3) is 0.733. The molecule has 0 unspecified atom stereocenters.